The Hall–Kier alpha value is -1.93. The van der Waals surface area contributed by atoms with Gasteiger partial charge in [-0.3, -0.25) is 14.4 Å². The summed E-state index contributed by atoms with van der Waals surface area (Å²) in [7, 11) is 0. The first-order chi connectivity index (χ1) is 8.97. The molecule has 2 rings (SSSR count). The zero-order valence-corrected chi connectivity index (χ0v) is 11.2. The van der Waals surface area contributed by atoms with Gasteiger partial charge in [-0.05, 0) is 17.5 Å². The Balaban J connectivity index is 2.24. The van der Waals surface area contributed by atoms with E-state index in [-0.39, 0.29) is 0 Å². The number of carboxylic acid groups (broad SMARTS) is 2. The summed E-state index contributed by atoms with van der Waals surface area (Å²) in [5.74, 6) is -3.06. The second-order valence-corrected chi connectivity index (χ2v) is 5.74. The summed E-state index contributed by atoms with van der Waals surface area (Å²) in [4.78, 5) is 34.6. The van der Waals surface area contributed by atoms with Crippen molar-refractivity contribution >= 4 is 49.9 Å². The lowest BCUT2D eigenvalue weighted by molar-refractivity contribution is -0.140. The average molecular weight is 299 g/mol. The fraction of sp³-hybridized carbons (Fsp3) is 0.182. The first kappa shape index (κ1) is 13.5. The predicted octanol–water partition coefficient (Wildman–Crippen LogP) is 1.57. The molecule has 0 fully saturated rings. The van der Waals surface area contributed by atoms with Gasteiger partial charge in [0.05, 0.1) is 4.88 Å². The van der Waals surface area contributed by atoms with E-state index in [4.69, 9.17) is 10.2 Å². The van der Waals surface area contributed by atoms with Gasteiger partial charge in [0.2, 0.25) is 0 Å². The number of aliphatic carboxylic acids is 2. The second kappa shape index (κ2) is 5.37. The first-order valence-corrected chi connectivity index (χ1v) is 6.87. The number of nitrogens with zero attached hydrogens (tertiary/aromatic N) is 1. The van der Waals surface area contributed by atoms with Crippen LogP contribution in [0.2, 0.25) is 0 Å². The van der Waals surface area contributed by atoms with Gasteiger partial charge in [-0.1, -0.05) is 0 Å². The van der Waals surface area contributed by atoms with Crippen LogP contribution in [0.1, 0.15) is 9.67 Å². The Morgan fingerprint density at radius 3 is 2.26 bits per heavy atom. The minimum atomic E-state index is -1.24. The number of rotatable bonds is 5. The summed E-state index contributed by atoms with van der Waals surface area (Å²) in [6, 6.07) is 3.52. The topological polar surface area (TPSA) is 94.9 Å². The summed E-state index contributed by atoms with van der Waals surface area (Å²) >= 11 is 2.70. The molecule has 0 aliphatic heterocycles. The number of fused-ring (bicyclic) bond motifs is 1. The van der Waals surface area contributed by atoms with Crippen LogP contribution in [0, 0.1) is 0 Å². The molecule has 19 heavy (non-hydrogen) atoms. The number of carboxylic acids is 2. The van der Waals surface area contributed by atoms with Crippen LogP contribution in [-0.2, 0) is 9.59 Å². The molecule has 2 aromatic heterocycles. The van der Waals surface area contributed by atoms with E-state index in [1.54, 1.807) is 6.07 Å². The van der Waals surface area contributed by atoms with Crippen molar-refractivity contribution in [2.75, 3.05) is 13.1 Å². The maximum absolute atomic E-state index is 12.1. The quantitative estimate of drug-likeness (QED) is 0.874. The molecule has 2 aromatic rings. The van der Waals surface area contributed by atoms with Crippen molar-refractivity contribution in [1.82, 2.24) is 4.90 Å². The lowest BCUT2D eigenvalue weighted by Gasteiger charge is -2.17. The van der Waals surface area contributed by atoms with E-state index in [9.17, 15) is 14.4 Å². The lowest BCUT2D eigenvalue weighted by Crippen LogP contribution is -2.39. The molecule has 0 saturated heterocycles. The van der Waals surface area contributed by atoms with Gasteiger partial charge >= 0.3 is 11.9 Å². The van der Waals surface area contributed by atoms with Gasteiger partial charge in [-0.25, -0.2) is 0 Å². The molecular formula is C11H9NO5S2. The lowest BCUT2D eigenvalue weighted by atomic mass is 10.3. The van der Waals surface area contributed by atoms with E-state index in [0.717, 1.165) is 14.3 Å². The van der Waals surface area contributed by atoms with Crippen LogP contribution in [-0.4, -0.2) is 46.0 Å². The molecule has 2 N–H and O–H groups in total. The van der Waals surface area contributed by atoms with Crippen molar-refractivity contribution < 1.29 is 24.6 Å². The Bertz CT molecular complexity index is 600. The van der Waals surface area contributed by atoms with Crippen molar-refractivity contribution in [1.29, 1.82) is 0 Å². The van der Waals surface area contributed by atoms with Crippen LogP contribution in [0.25, 0.3) is 9.40 Å². The van der Waals surface area contributed by atoms with E-state index < -0.39 is 30.9 Å². The normalized spacial score (nSPS) is 10.5. The highest BCUT2D eigenvalue weighted by atomic mass is 32.1. The molecule has 6 nitrogen and oxygen atoms in total. The highest BCUT2D eigenvalue weighted by Crippen LogP contribution is 2.30. The molecule has 0 unspecified atom stereocenters. The number of carbonyl (C=O) groups is 3. The van der Waals surface area contributed by atoms with Crippen molar-refractivity contribution in [2.24, 2.45) is 0 Å². The third-order valence-corrected chi connectivity index (χ3v) is 4.37. The maximum atomic E-state index is 12.1. The van der Waals surface area contributed by atoms with Gasteiger partial charge in [-0.15, -0.1) is 22.7 Å². The molecule has 0 atom stereocenters. The fourth-order valence-corrected chi connectivity index (χ4v) is 3.63. The average Bonchev–Trinajstić information content (AvgIpc) is 2.85. The van der Waals surface area contributed by atoms with Crippen molar-refractivity contribution in [3.8, 4) is 0 Å². The van der Waals surface area contributed by atoms with Crippen molar-refractivity contribution in [3.05, 3.63) is 22.4 Å². The number of hydrogen-bond acceptors (Lipinski definition) is 5. The Labute approximate surface area is 115 Å². The Morgan fingerprint density at radius 1 is 1.11 bits per heavy atom. The van der Waals surface area contributed by atoms with E-state index >= 15 is 0 Å². The van der Waals surface area contributed by atoms with E-state index in [0.29, 0.717) is 4.88 Å². The third kappa shape index (κ3) is 3.09. The molecule has 100 valence electrons. The summed E-state index contributed by atoms with van der Waals surface area (Å²) in [6.07, 6.45) is 0. The predicted molar refractivity (Wildman–Crippen MR) is 70.9 cm³/mol. The van der Waals surface area contributed by atoms with Gasteiger partial charge < -0.3 is 15.1 Å². The van der Waals surface area contributed by atoms with E-state index in [2.05, 4.69) is 0 Å². The molecule has 0 aliphatic carbocycles. The molecule has 0 radical (unpaired) electrons. The number of amides is 1. The van der Waals surface area contributed by atoms with Gasteiger partial charge in [-0.2, -0.15) is 0 Å². The number of carbonyl (C=O) groups excluding carboxylic acids is 1. The fourth-order valence-electron chi connectivity index (χ4n) is 1.55. The molecular weight excluding hydrogens is 290 g/mol. The van der Waals surface area contributed by atoms with Gasteiger partial charge in [0.25, 0.3) is 5.91 Å². The maximum Gasteiger partial charge on any atom is 0.323 e. The molecule has 1 amide bonds. The number of thiophene rings is 2. The van der Waals surface area contributed by atoms with Crippen LogP contribution >= 0.6 is 22.7 Å². The highest BCUT2D eigenvalue weighted by molar-refractivity contribution is 7.27. The summed E-state index contributed by atoms with van der Waals surface area (Å²) in [6.45, 7) is -1.26. The zero-order chi connectivity index (χ0) is 14.0. The minimum absolute atomic E-state index is 0.351. The zero-order valence-electron chi connectivity index (χ0n) is 9.53. The van der Waals surface area contributed by atoms with Gasteiger partial charge in [0.1, 0.15) is 13.1 Å². The molecule has 0 spiro atoms. The van der Waals surface area contributed by atoms with E-state index in [1.807, 2.05) is 11.4 Å². The summed E-state index contributed by atoms with van der Waals surface area (Å²) in [5, 5.41) is 19.3. The van der Waals surface area contributed by atoms with Crippen molar-refractivity contribution in [2.45, 2.75) is 0 Å². The van der Waals surface area contributed by atoms with E-state index in [1.165, 1.54) is 22.7 Å². The third-order valence-electron chi connectivity index (χ3n) is 2.29. The second-order valence-electron chi connectivity index (χ2n) is 3.71. The standard InChI is InChI=1S/C11H9NO5S2/c13-9(14)4-12(5-10(15)16)11(17)8-3-7-6(19-8)1-2-18-7/h1-3H,4-5H2,(H,13,14)(H,15,16). The van der Waals surface area contributed by atoms with Crippen LogP contribution in [0.5, 0.6) is 0 Å². The van der Waals surface area contributed by atoms with Crippen LogP contribution in [0.4, 0.5) is 0 Å². The Kier molecular flexibility index (Phi) is 3.82. The highest BCUT2D eigenvalue weighted by Gasteiger charge is 2.22. The summed E-state index contributed by atoms with van der Waals surface area (Å²) in [5.41, 5.74) is 0. The molecule has 0 aliphatic rings. The van der Waals surface area contributed by atoms with Crippen LogP contribution < -0.4 is 0 Å². The van der Waals surface area contributed by atoms with Gasteiger partial charge in [0, 0.05) is 9.40 Å². The molecule has 0 aromatic carbocycles. The Morgan fingerprint density at radius 2 is 1.74 bits per heavy atom. The number of hydrogen-bond donors (Lipinski definition) is 2. The van der Waals surface area contributed by atoms with Crippen LogP contribution in [0.15, 0.2) is 17.5 Å². The minimum Gasteiger partial charge on any atom is -0.480 e. The largest absolute Gasteiger partial charge is 0.480 e. The molecule has 0 saturated carbocycles. The monoisotopic (exact) mass is 299 g/mol. The molecule has 8 heteroatoms. The SMILES string of the molecule is O=C(O)CN(CC(=O)O)C(=O)c1cc2sccc2s1. The van der Waals surface area contributed by atoms with Gasteiger partial charge in [0.15, 0.2) is 0 Å². The smallest absolute Gasteiger partial charge is 0.323 e. The summed E-state index contributed by atoms with van der Waals surface area (Å²) < 4.78 is 1.86. The van der Waals surface area contributed by atoms with Crippen molar-refractivity contribution in [3.63, 3.8) is 0 Å². The molecule has 0 bridgehead atoms. The first-order valence-electron chi connectivity index (χ1n) is 5.17. The molecule has 2 heterocycles. The van der Waals surface area contributed by atoms with Crippen LogP contribution in [0.3, 0.4) is 0 Å².